The average molecular weight is 354 g/mol. The number of nitrogens with one attached hydrogen (secondary N) is 2. The fourth-order valence-electron chi connectivity index (χ4n) is 1.97. The lowest BCUT2D eigenvalue weighted by molar-refractivity contribution is 0.0946. The standard InChI is InChI=1S/C16H16F2N2O3S/c1-11-5-7-12(8-6-11)24(22,23)20-10-9-19-16(21)15-13(17)3-2-4-14(15)18/h2-8,20H,9-10H2,1H3,(H,19,21). The van der Waals surface area contributed by atoms with Crippen molar-refractivity contribution >= 4 is 15.9 Å². The van der Waals surface area contributed by atoms with E-state index in [4.69, 9.17) is 0 Å². The predicted octanol–water partition coefficient (Wildman–Crippen LogP) is 1.98. The molecular formula is C16H16F2N2O3S. The Balaban J connectivity index is 1.91. The SMILES string of the molecule is Cc1ccc(S(=O)(=O)NCCNC(=O)c2c(F)cccc2F)cc1. The number of amides is 1. The van der Waals surface area contributed by atoms with Crippen molar-refractivity contribution in [2.45, 2.75) is 11.8 Å². The summed E-state index contributed by atoms with van der Waals surface area (Å²) in [6, 6.07) is 9.35. The van der Waals surface area contributed by atoms with Crippen molar-refractivity contribution in [2.75, 3.05) is 13.1 Å². The lowest BCUT2D eigenvalue weighted by atomic mass is 10.2. The number of rotatable bonds is 6. The Hall–Kier alpha value is -2.32. The predicted molar refractivity (Wildman–Crippen MR) is 85.1 cm³/mol. The van der Waals surface area contributed by atoms with E-state index in [2.05, 4.69) is 10.0 Å². The number of hydrogen-bond donors (Lipinski definition) is 2. The van der Waals surface area contributed by atoms with E-state index >= 15 is 0 Å². The van der Waals surface area contributed by atoms with Gasteiger partial charge in [-0.1, -0.05) is 23.8 Å². The van der Waals surface area contributed by atoms with Crippen molar-refractivity contribution < 1.29 is 22.0 Å². The Morgan fingerprint density at radius 2 is 1.58 bits per heavy atom. The molecule has 0 aromatic heterocycles. The van der Waals surface area contributed by atoms with Crippen LogP contribution in [0.25, 0.3) is 0 Å². The van der Waals surface area contributed by atoms with Gasteiger partial charge >= 0.3 is 0 Å². The molecule has 2 aromatic rings. The molecule has 5 nitrogen and oxygen atoms in total. The third-order valence-electron chi connectivity index (χ3n) is 3.22. The Morgan fingerprint density at radius 1 is 1.00 bits per heavy atom. The quantitative estimate of drug-likeness (QED) is 0.779. The summed E-state index contributed by atoms with van der Waals surface area (Å²) >= 11 is 0. The zero-order valence-corrected chi connectivity index (χ0v) is 13.7. The van der Waals surface area contributed by atoms with E-state index in [1.165, 1.54) is 12.1 Å². The van der Waals surface area contributed by atoms with Crippen LogP contribution < -0.4 is 10.0 Å². The number of hydrogen-bond acceptors (Lipinski definition) is 3. The number of halogens is 2. The Labute approximate surface area is 138 Å². The molecule has 0 atom stereocenters. The smallest absolute Gasteiger partial charge is 0.257 e. The highest BCUT2D eigenvalue weighted by Gasteiger charge is 2.17. The Bertz CT molecular complexity index is 817. The molecule has 2 aromatic carbocycles. The second-order valence-electron chi connectivity index (χ2n) is 5.06. The van der Waals surface area contributed by atoms with E-state index in [1.807, 2.05) is 6.92 Å². The van der Waals surface area contributed by atoms with Gasteiger partial charge in [-0.05, 0) is 31.2 Å². The normalized spacial score (nSPS) is 11.3. The molecular weight excluding hydrogens is 338 g/mol. The van der Waals surface area contributed by atoms with Crippen LogP contribution >= 0.6 is 0 Å². The molecule has 2 rings (SSSR count). The van der Waals surface area contributed by atoms with Crippen molar-refractivity contribution in [3.8, 4) is 0 Å². The third-order valence-corrected chi connectivity index (χ3v) is 4.70. The van der Waals surface area contributed by atoms with Crippen molar-refractivity contribution in [1.82, 2.24) is 10.0 Å². The minimum Gasteiger partial charge on any atom is -0.351 e. The molecule has 24 heavy (non-hydrogen) atoms. The molecule has 2 N–H and O–H groups in total. The average Bonchev–Trinajstić information content (AvgIpc) is 2.52. The molecule has 0 aliphatic carbocycles. The molecule has 1 amide bonds. The van der Waals surface area contributed by atoms with Crippen LogP contribution in [-0.4, -0.2) is 27.4 Å². The lowest BCUT2D eigenvalue weighted by Gasteiger charge is -2.09. The fourth-order valence-corrected chi connectivity index (χ4v) is 3.00. The van der Waals surface area contributed by atoms with Crippen LogP contribution in [0.5, 0.6) is 0 Å². The summed E-state index contributed by atoms with van der Waals surface area (Å²) in [4.78, 5) is 11.8. The largest absolute Gasteiger partial charge is 0.351 e. The number of carbonyl (C=O) groups is 1. The van der Waals surface area contributed by atoms with E-state index in [1.54, 1.807) is 12.1 Å². The van der Waals surface area contributed by atoms with Crippen molar-refractivity contribution in [3.63, 3.8) is 0 Å². The Morgan fingerprint density at radius 3 is 2.17 bits per heavy atom. The highest BCUT2D eigenvalue weighted by molar-refractivity contribution is 7.89. The topological polar surface area (TPSA) is 75.3 Å². The summed E-state index contributed by atoms with van der Waals surface area (Å²) in [6.07, 6.45) is 0. The first-order valence-corrected chi connectivity index (χ1v) is 8.58. The molecule has 128 valence electrons. The molecule has 0 radical (unpaired) electrons. The van der Waals surface area contributed by atoms with E-state index in [9.17, 15) is 22.0 Å². The van der Waals surface area contributed by atoms with E-state index in [0.717, 1.165) is 23.8 Å². The monoisotopic (exact) mass is 354 g/mol. The second-order valence-corrected chi connectivity index (χ2v) is 6.83. The minimum atomic E-state index is -3.71. The first kappa shape index (κ1) is 18.0. The zero-order valence-electron chi connectivity index (χ0n) is 12.8. The molecule has 0 heterocycles. The zero-order chi connectivity index (χ0) is 17.7. The molecule has 0 aliphatic heterocycles. The number of sulfonamides is 1. The van der Waals surface area contributed by atoms with Crippen LogP contribution in [0.1, 0.15) is 15.9 Å². The first-order valence-electron chi connectivity index (χ1n) is 7.10. The van der Waals surface area contributed by atoms with Gasteiger partial charge in [0.15, 0.2) is 0 Å². The van der Waals surface area contributed by atoms with Crippen LogP contribution in [0.2, 0.25) is 0 Å². The van der Waals surface area contributed by atoms with Gasteiger partial charge in [-0.15, -0.1) is 0 Å². The maximum Gasteiger partial charge on any atom is 0.257 e. The molecule has 8 heteroatoms. The minimum absolute atomic E-state index is 0.0968. The summed E-state index contributed by atoms with van der Waals surface area (Å²) in [5.74, 6) is -2.90. The van der Waals surface area contributed by atoms with Gasteiger partial charge in [0, 0.05) is 13.1 Å². The molecule has 0 bridgehead atoms. The molecule has 0 saturated carbocycles. The van der Waals surface area contributed by atoms with Crippen LogP contribution in [-0.2, 0) is 10.0 Å². The highest BCUT2D eigenvalue weighted by Crippen LogP contribution is 2.12. The summed E-state index contributed by atoms with van der Waals surface area (Å²) < 4.78 is 53.2. The van der Waals surface area contributed by atoms with Crippen LogP contribution in [0, 0.1) is 18.6 Å². The molecule has 0 unspecified atom stereocenters. The van der Waals surface area contributed by atoms with Crippen molar-refractivity contribution in [3.05, 3.63) is 65.2 Å². The fraction of sp³-hybridized carbons (Fsp3) is 0.188. The molecule has 0 saturated heterocycles. The maximum atomic E-state index is 13.4. The van der Waals surface area contributed by atoms with Crippen LogP contribution in [0.3, 0.4) is 0 Å². The second kappa shape index (κ2) is 7.50. The van der Waals surface area contributed by atoms with E-state index < -0.39 is 33.1 Å². The first-order chi connectivity index (χ1) is 11.3. The van der Waals surface area contributed by atoms with Gasteiger partial charge in [0.2, 0.25) is 10.0 Å². The number of benzene rings is 2. The molecule has 0 fully saturated rings. The lowest BCUT2D eigenvalue weighted by Crippen LogP contribution is -2.35. The van der Waals surface area contributed by atoms with Gasteiger partial charge < -0.3 is 5.32 Å². The maximum absolute atomic E-state index is 13.4. The third kappa shape index (κ3) is 4.36. The van der Waals surface area contributed by atoms with Gasteiger partial charge in [-0.3, -0.25) is 4.79 Å². The van der Waals surface area contributed by atoms with Gasteiger partial charge in [-0.2, -0.15) is 0 Å². The molecule has 0 spiro atoms. The number of carbonyl (C=O) groups excluding carboxylic acids is 1. The van der Waals surface area contributed by atoms with Crippen molar-refractivity contribution in [2.24, 2.45) is 0 Å². The van der Waals surface area contributed by atoms with E-state index in [0.29, 0.717) is 0 Å². The van der Waals surface area contributed by atoms with Crippen molar-refractivity contribution in [1.29, 1.82) is 0 Å². The highest BCUT2D eigenvalue weighted by atomic mass is 32.2. The number of aryl methyl sites for hydroxylation is 1. The summed E-state index contributed by atoms with van der Waals surface area (Å²) in [6.45, 7) is 1.61. The van der Waals surface area contributed by atoms with E-state index in [-0.39, 0.29) is 18.0 Å². The molecule has 0 aliphatic rings. The van der Waals surface area contributed by atoms with Gasteiger partial charge in [0.25, 0.3) is 5.91 Å². The summed E-state index contributed by atoms with van der Waals surface area (Å²) in [5, 5.41) is 2.27. The summed E-state index contributed by atoms with van der Waals surface area (Å²) in [5.41, 5.74) is 0.229. The Kier molecular flexibility index (Phi) is 5.63. The van der Waals surface area contributed by atoms with Crippen LogP contribution in [0.4, 0.5) is 8.78 Å². The van der Waals surface area contributed by atoms with Gasteiger partial charge in [-0.25, -0.2) is 21.9 Å². The summed E-state index contributed by atoms with van der Waals surface area (Å²) in [7, 11) is -3.71. The van der Waals surface area contributed by atoms with Crippen LogP contribution in [0.15, 0.2) is 47.4 Å². The van der Waals surface area contributed by atoms with Gasteiger partial charge in [0.05, 0.1) is 4.90 Å². The van der Waals surface area contributed by atoms with Gasteiger partial charge in [0.1, 0.15) is 17.2 Å².